The van der Waals surface area contributed by atoms with E-state index in [4.69, 9.17) is 39.5 Å². The molecular formula is C11H11Cl3OS. The Bertz CT molecular complexity index is 377. The summed E-state index contributed by atoms with van der Waals surface area (Å²) in [5.74, 6) is 1.43. The Labute approximate surface area is 115 Å². The molecule has 0 heterocycles. The van der Waals surface area contributed by atoms with Crippen LogP contribution in [0.3, 0.4) is 0 Å². The third-order valence-electron chi connectivity index (χ3n) is 1.89. The van der Waals surface area contributed by atoms with Gasteiger partial charge in [-0.3, -0.25) is 0 Å². The standard InChI is InChI=1S/C11H11Cl3OS/c1-7-5-8(16-4-3-10(13)14)6-9(12)11(7)15-2/h3,5-6H,4H2,1-2H3. The van der Waals surface area contributed by atoms with Crippen molar-refractivity contribution in [3.05, 3.63) is 33.3 Å². The fraction of sp³-hybridized carbons (Fsp3) is 0.273. The molecule has 0 spiro atoms. The first-order valence-corrected chi connectivity index (χ1v) is 6.64. The quantitative estimate of drug-likeness (QED) is 0.718. The second-order valence-electron chi connectivity index (χ2n) is 3.06. The third-order valence-corrected chi connectivity index (χ3v) is 3.39. The van der Waals surface area contributed by atoms with E-state index in [-0.39, 0.29) is 4.49 Å². The molecule has 5 heteroatoms. The highest BCUT2D eigenvalue weighted by atomic mass is 35.5. The van der Waals surface area contributed by atoms with E-state index in [1.165, 1.54) is 0 Å². The molecule has 1 nitrogen and oxygen atoms in total. The van der Waals surface area contributed by atoms with Gasteiger partial charge in [-0.2, -0.15) is 0 Å². The largest absolute Gasteiger partial charge is 0.495 e. The normalized spacial score (nSPS) is 10.1. The maximum absolute atomic E-state index is 6.07. The van der Waals surface area contributed by atoms with Crippen LogP contribution >= 0.6 is 46.6 Å². The highest BCUT2D eigenvalue weighted by Crippen LogP contribution is 2.33. The number of thioether (sulfide) groups is 1. The molecule has 1 aromatic carbocycles. The molecule has 0 aliphatic carbocycles. The molecule has 16 heavy (non-hydrogen) atoms. The summed E-state index contributed by atoms with van der Waals surface area (Å²) in [4.78, 5) is 1.06. The van der Waals surface area contributed by atoms with Gasteiger partial charge < -0.3 is 4.74 Å². The second-order valence-corrected chi connectivity index (χ2v) is 5.57. The fourth-order valence-corrected chi connectivity index (χ4v) is 2.89. The lowest BCUT2D eigenvalue weighted by Crippen LogP contribution is -1.89. The van der Waals surface area contributed by atoms with Gasteiger partial charge in [-0.1, -0.05) is 34.8 Å². The SMILES string of the molecule is COc1c(C)cc(SCC=C(Cl)Cl)cc1Cl. The summed E-state index contributed by atoms with van der Waals surface area (Å²) >= 11 is 18.7. The van der Waals surface area contributed by atoms with Crippen LogP contribution in [0.2, 0.25) is 5.02 Å². The predicted molar refractivity (Wildman–Crippen MR) is 73.3 cm³/mol. The van der Waals surface area contributed by atoms with Crippen molar-refractivity contribution in [3.63, 3.8) is 0 Å². The molecule has 88 valence electrons. The first-order valence-electron chi connectivity index (χ1n) is 4.52. The zero-order valence-electron chi connectivity index (χ0n) is 8.89. The maximum Gasteiger partial charge on any atom is 0.140 e. The lowest BCUT2D eigenvalue weighted by Gasteiger charge is -2.09. The molecule has 0 saturated carbocycles. The Morgan fingerprint density at radius 3 is 2.62 bits per heavy atom. The van der Waals surface area contributed by atoms with Crippen LogP contribution in [0.25, 0.3) is 0 Å². The van der Waals surface area contributed by atoms with Gasteiger partial charge in [-0.05, 0) is 30.7 Å². The monoisotopic (exact) mass is 296 g/mol. The average molecular weight is 298 g/mol. The van der Waals surface area contributed by atoms with Crippen molar-refractivity contribution in [1.82, 2.24) is 0 Å². The smallest absolute Gasteiger partial charge is 0.140 e. The van der Waals surface area contributed by atoms with Gasteiger partial charge in [0, 0.05) is 10.6 Å². The van der Waals surface area contributed by atoms with Gasteiger partial charge in [-0.25, -0.2) is 0 Å². The van der Waals surface area contributed by atoms with Crippen molar-refractivity contribution >= 4 is 46.6 Å². The molecule has 0 aromatic heterocycles. The summed E-state index contributed by atoms with van der Waals surface area (Å²) in [6, 6.07) is 3.89. The summed E-state index contributed by atoms with van der Waals surface area (Å²) in [7, 11) is 1.61. The van der Waals surface area contributed by atoms with E-state index >= 15 is 0 Å². The molecule has 0 atom stereocenters. The van der Waals surface area contributed by atoms with Crippen molar-refractivity contribution in [1.29, 1.82) is 0 Å². The van der Waals surface area contributed by atoms with Crippen LogP contribution in [0.5, 0.6) is 5.75 Å². The lowest BCUT2D eigenvalue weighted by molar-refractivity contribution is 0.411. The summed E-state index contributed by atoms with van der Waals surface area (Å²) < 4.78 is 5.46. The average Bonchev–Trinajstić information content (AvgIpc) is 2.16. The molecule has 0 bridgehead atoms. The Kier molecular flexibility index (Phi) is 5.84. The lowest BCUT2D eigenvalue weighted by atomic mass is 10.2. The van der Waals surface area contributed by atoms with Crippen LogP contribution in [-0.4, -0.2) is 12.9 Å². The van der Waals surface area contributed by atoms with E-state index in [9.17, 15) is 0 Å². The van der Waals surface area contributed by atoms with Gasteiger partial charge in [0.05, 0.1) is 12.1 Å². The summed E-state index contributed by atoms with van der Waals surface area (Å²) in [6.45, 7) is 1.96. The summed E-state index contributed by atoms with van der Waals surface area (Å²) in [5, 5.41) is 0.617. The summed E-state index contributed by atoms with van der Waals surface area (Å²) in [5.41, 5.74) is 1.01. The number of benzene rings is 1. The highest BCUT2D eigenvalue weighted by molar-refractivity contribution is 7.99. The molecule has 1 rings (SSSR count). The minimum atomic E-state index is 0.281. The van der Waals surface area contributed by atoms with E-state index in [2.05, 4.69) is 0 Å². The molecule has 0 aliphatic rings. The zero-order chi connectivity index (χ0) is 12.1. The molecule has 0 saturated heterocycles. The topological polar surface area (TPSA) is 9.23 Å². The third kappa shape index (κ3) is 4.10. The van der Waals surface area contributed by atoms with Crippen LogP contribution in [-0.2, 0) is 0 Å². The Morgan fingerprint density at radius 2 is 2.12 bits per heavy atom. The van der Waals surface area contributed by atoms with E-state index in [0.717, 1.165) is 16.2 Å². The molecule has 0 amide bonds. The van der Waals surface area contributed by atoms with Gasteiger partial charge in [-0.15, -0.1) is 11.8 Å². The molecule has 0 unspecified atom stereocenters. The Balaban J connectivity index is 2.80. The van der Waals surface area contributed by atoms with Gasteiger partial charge in [0.2, 0.25) is 0 Å². The molecule has 0 fully saturated rings. The molecular weight excluding hydrogens is 287 g/mol. The highest BCUT2D eigenvalue weighted by Gasteiger charge is 2.06. The van der Waals surface area contributed by atoms with E-state index in [0.29, 0.717) is 10.8 Å². The van der Waals surface area contributed by atoms with E-state index in [1.807, 2.05) is 19.1 Å². The van der Waals surface area contributed by atoms with Crippen LogP contribution in [0.1, 0.15) is 5.56 Å². The number of hydrogen-bond acceptors (Lipinski definition) is 2. The number of hydrogen-bond donors (Lipinski definition) is 0. The maximum atomic E-state index is 6.07. The number of halogens is 3. The minimum Gasteiger partial charge on any atom is -0.495 e. The second kappa shape index (κ2) is 6.65. The van der Waals surface area contributed by atoms with E-state index < -0.39 is 0 Å². The molecule has 0 aliphatic heterocycles. The van der Waals surface area contributed by atoms with Gasteiger partial charge in [0.25, 0.3) is 0 Å². The minimum absolute atomic E-state index is 0.281. The van der Waals surface area contributed by atoms with Crippen molar-refractivity contribution in [2.45, 2.75) is 11.8 Å². The summed E-state index contributed by atoms with van der Waals surface area (Å²) in [6.07, 6.45) is 1.74. The fourth-order valence-electron chi connectivity index (χ4n) is 1.24. The van der Waals surface area contributed by atoms with Gasteiger partial charge in [0.15, 0.2) is 0 Å². The van der Waals surface area contributed by atoms with Crippen molar-refractivity contribution in [3.8, 4) is 5.75 Å². The van der Waals surface area contributed by atoms with Crippen LogP contribution < -0.4 is 4.74 Å². The van der Waals surface area contributed by atoms with Gasteiger partial charge in [0.1, 0.15) is 10.2 Å². The molecule has 1 aromatic rings. The first-order chi connectivity index (χ1) is 7.54. The molecule has 0 N–H and O–H groups in total. The van der Waals surface area contributed by atoms with Crippen LogP contribution in [0, 0.1) is 6.92 Å². The Morgan fingerprint density at radius 1 is 1.44 bits per heavy atom. The Hall–Kier alpha value is -0.0200. The van der Waals surface area contributed by atoms with E-state index in [1.54, 1.807) is 24.9 Å². The number of aryl methyl sites for hydroxylation is 1. The van der Waals surface area contributed by atoms with Crippen molar-refractivity contribution in [2.75, 3.05) is 12.9 Å². The number of ether oxygens (including phenoxy) is 1. The number of rotatable bonds is 4. The number of methoxy groups -OCH3 is 1. The molecule has 0 radical (unpaired) electrons. The van der Waals surface area contributed by atoms with Crippen molar-refractivity contribution in [2.24, 2.45) is 0 Å². The van der Waals surface area contributed by atoms with Gasteiger partial charge >= 0.3 is 0 Å². The predicted octanol–water partition coefficient (Wildman–Crippen LogP) is 5.07. The van der Waals surface area contributed by atoms with Crippen molar-refractivity contribution < 1.29 is 4.74 Å². The first kappa shape index (κ1) is 14.0. The van der Waals surface area contributed by atoms with Crippen LogP contribution in [0.15, 0.2) is 27.6 Å². The van der Waals surface area contributed by atoms with Crippen LogP contribution in [0.4, 0.5) is 0 Å². The zero-order valence-corrected chi connectivity index (χ0v) is 12.0.